The zero-order chi connectivity index (χ0) is 18.1. The summed E-state index contributed by atoms with van der Waals surface area (Å²) in [5.41, 5.74) is 2.50. The number of nitrogens with one attached hydrogen (secondary N) is 1. The van der Waals surface area contributed by atoms with Gasteiger partial charge in [0.1, 0.15) is 11.9 Å². The van der Waals surface area contributed by atoms with E-state index >= 15 is 0 Å². The number of nitrogens with zero attached hydrogens (tertiary/aromatic N) is 4. The first kappa shape index (κ1) is 16.9. The van der Waals surface area contributed by atoms with Gasteiger partial charge in [-0.15, -0.1) is 0 Å². The number of benzene rings is 1. The van der Waals surface area contributed by atoms with E-state index in [-0.39, 0.29) is 23.8 Å². The largest absolute Gasteiger partial charge is 0.372 e. The van der Waals surface area contributed by atoms with Crippen LogP contribution in [0.4, 0.5) is 4.39 Å². The quantitative estimate of drug-likeness (QED) is 0.756. The summed E-state index contributed by atoms with van der Waals surface area (Å²) in [5, 5.41) is 11.6. The average molecular weight is 357 g/mol. The van der Waals surface area contributed by atoms with E-state index in [0.29, 0.717) is 24.6 Å². The molecule has 4 rings (SSSR count). The monoisotopic (exact) mass is 357 g/mol. The van der Waals surface area contributed by atoms with Gasteiger partial charge in [-0.3, -0.25) is 4.68 Å². The number of ether oxygens (including phenoxy) is 1. The Labute approximate surface area is 150 Å². The molecule has 1 aliphatic rings. The normalized spacial score (nSPS) is 20.0. The smallest absolute Gasteiger partial charge is 0.240 e. The third kappa shape index (κ3) is 3.13. The first-order valence-corrected chi connectivity index (χ1v) is 8.54. The highest BCUT2D eigenvalue weighted by Crippen LogP contribution is 2.31. The van der Waals surface area contributed by atoms with Gasteiger partial charge in [-0.05, 0) is 25.5 Å². The van der Waals surface area contributed by atoms with Crippen LogP contribution in [0.1, 0.15) is 29.7 Å². The molecule has 7 nitrogen and oxygen atoms in total. The Balaban J connectivity index is 1.44. The molecule has 3 aromatic rings. The Morgan fingerprint density at radius 3 is 2.96 bits per heavy atom. The summed E-state index contributed by atoms with van der Waals surface area (Å²) in [6.45, 7) is 3.10. The minimum atomic E-state index is -0.371. The molecule has 1 saturated heterocycles. The molecular formula is C18H20FN5O2. The van der Waals surface area contributed by atoms with Crippen LogP contribution in [-0.2, 0) is 18.3 Å². The van der Waals surface area contributed by atoms with Gasteiger partial charge >= 0.3 is 0 Å². The van der Waals surface area contributed by atoms with Gasteiger partial charge in [0.15, 0.2) is 0 Å². The van der Waals surface area contributed by atoms with E-state index in [1.165, 1.54) is 6.07 Å². The predicted molar refractivity (Wildman–Crippen MR) is 91.6 cm³/mol. The zero-order valence-electron chi connectivity index (χ0n) is 14.6. The molecule has 2 aromatic heterocycles. The van der Waals surface area contributed by atoms with Gasteiger partial charge in [0, 0.05) is 31.0 Å². The van der Waals surface area contributed by atoms with Gasteiger partial charge in [0.2, 0.25) is 11.7 Å². The van der Waals surface area contributed by atoms with Crippen LogP contribution in [0.5, 0.6) is 0 Å². The molecule has 0 radical (unpaired) electrons. The fourth-order valence-corrected chi connectivity index (χ4v) is 3.20. The van der Waals surface area contributed by atoms with Crippen LogP contribution in [0.25, 0.3) is 11.4 Å². The maximum absolute atomic E-state index is 13.8. The molecule has 2 atom stereocenters. The van der Waals surface area contributed by atoms with E-state index in [9.17, 15) is 4.39 Å². The van der Waals surface area contributed by atoms with Gasteiger partial charge in [0.25, 0.3) is 0 Å². The summed E-state index contributed by atoms with van der Waals surface area (Å²) in [7, 11) is 1.92. The highest BCUT2D eigenvalue weighted by molar-refractivity contribution is 5.54. The van der Waals surface area contributed by atoms with E-state index in [2.05, 4.69) is 20.6 Å². The lowest BCUT2D eigenvalue weighted by molar-refractivity contribution is 0.0973. The van der Waals surface area contributed by atoms with Crippen LogP contribution in [0.15, 0.2) is 35.0 Å². The standard InChI is InChI=1S/C18H20FN5O2/c1-11-13(9-21-24(11)2)17-15(7-8-25-17)20-10-16-22-18(23-26-16)12-5-3-4-6-14(12)19/h3-6,9,15,17,20H,7-8,10H2,1-2H3/t15-,17+/m0/s1. The van der Waals surface area contributed by atoms with Crippen molar-refractivity contribution in [3.63, 3.8) is 0 Å². The number of rotatable bonds is 5. The number of hydrogen-bond donors (Lipinski definition) is 1. The second-order valence-electron chi connectivity index (χ2n) is 6.37. The molecule has 26 heavy (non-hydrogen) atoms. The molecule has 3 heterocycles. The van der Waals surface area contributed by atoms with Crippen molar-refractivity contribution in [1.82, 2.24) is 25.2 Å². The molecule has 136 valence electrons. The fraction of sp³-hybridized carbons (Fsp3) is 0.389. The van der Waals surface area contributed by atoms with E-state index in [1.807, 2.05) is 24.9 Å². The lowest BCUT2D eigenvalue weighted by Gasteiger charge is -2.19. The van der Waals surface area contributed by atoms with E-state index in [4.69, 9.17) is 9.26 Å². The van der Waals surface area contributed by atoms with Crippen molar-refractivity contribution < 1.29 is 13.7 Å². The maximum Gasteiger partial charge on any atom is 0.240 e. The van der Waals surface area contributed by atoms with Gasteiger partial charge in [-0.1, -0.05) is 17.3 Å². The van der Waals surface area contributed by atoms with Crippen molar-refractivity contribution >= 4 is 0 Å². The van der Waals surface area contributed by atoms with E-state index in [1.54, 1.807) is 18.2 Å². The van der Waals surface area contributed by atoms with Crippen LogP contribution < -0.4 is 5.32 Å². The summed E-state index contributed by atoms with van der Waals surface area (Å²) < 4.78 is 26.8. The summed E-state index contributed by atoms with van der Waals surface area (Å²) in [6, 6.07) is 6.50. The number of aryl methyl sites for hydroxylation is 1. The van der Waals surface area contributed by atoms with Gasteiger partial charge < -0.3 is 14.6 Å². The van der Waals surface area contributed by atoms with Crippen molar-refractivity contribution in [3.05, 3.63) is 53.4 Å². The molecule has 0 spiro atoms. The Kier molecular flexibility index (Phi) is 4.52. The SMILES string of the molecule is Cc1c([C@H]2OCC[C@@H]2NCc2nc(-c3ccccc3F)no2)cnn1C. The van der Waals surface area contributed by atoms with Crippen molar-refractivity contribution in [2.45, 2.75) is 32.0 Å². The van der Waals surface area contributed by atoms with Crippen LogP contribution in [-0.4, -0.2) is 32.6 Å². The Morgan fingerprint density at radius 2 is 2.19 bits per heavy atom. The first-order valence-electron chi connectivity index (χ1n) is 8.54. The Bertz CT molecular complexity index is 907. The fourth-order valence-electron chi connectivity index (χ4n) is 3.20. The van der Waals surface area contributed by atoms with Crippen LogP contribution in [0.3, 0.4) is 0 Å². The highest BCUT2D eigenvalue weighted by atomic mass is 19.1. The van der Waals surface area contributed by atoms with Crippen LogP contribution >= 0.6 is 0 Å². The Hall–Kier alpha value is -2.58. The molecule has 0 amide bonds. The van der Waals surface area contributed by atoms with Crippen molar-refractivity contribution in [2.24, 2.45) is 7.05 Å². The third-order valence-electron chi connectivity index (χ3n) is 4.77. The van der Waals surface area contributed by atoms with Gasteiger partial charge in [-0.2, -0.15) is 10.1 Å². The number of aromatic nitrogens is 4. The molecule has 0 aliphatic carbocycles. The first-order chi connectivity index (χ1) is 12.6. The van der Waals surface area contributed by atoms with Gasteiger partial charge in [0.05, 0.1) is 18.3 Å². The number of halogens is 1. The van der Waals surface area contributed by atoms with E-state index < -0.39 is 0 Å². The summed E-state index contributed by atoms with van der Waals surface area (Å²) in [4.78, 5) is 4.28. The Morgan fingerprint density at radius 1 is 1.35 bits per heavy atom. The minimum Gasteiger partial charge on any atom is -0.372 e. The number of hydrogen-bond acceptors (Lipinski definition) is 6. The zero-order valence-corrected chi connectivity index (χ0v) is 14.6. The van der Waals surface area contributed by atoms with Crippen molar-refractivity contribution in [3.8, 4) is 11.4 Å². The van der Waals surface area contributed by atoms with Crippen molar-refractivity contribution in [1.29, 1.82) is 0 Å². The molecular weight excluding hydrogens is 337 g/mol. The summed E-state index contributed by atoms with van der Waals surface area (Å²) in [5.74, 6) is 0.295. The highest BCUT2D eigenvalue weighted by Gasteiger charge is 2.32. The third-order valence-corrected chi connectivity index (χ3v) is 4.77. The molecule has 1 fully saturated rings. The van der Waals surface area contributed by atoms with Crippen LogP contribution in [0.2, 0.25) is 0 Å². The average Bonchev–Trinajstić information content (AvgIpc) is 3.35. The van der Waals surface area contributed by atoms with Gasteiger partial charge in [-0.25, -0.2) is 4.39 Å². The molecule has 0 saturated carbocycles. The predicted octanol–water partition coefficient (Wildman–Crippen LogP) is 2.54. The lowest BCUT2D eigenvalue weighted by atomic mass is 10.0. The molecule has 8 heteroatoms. The van der Waals surface area contributed by atoms with E-state index in [0.717, 1.165) is 17.7 Å². The van der Waals surface area contributed by atoms with Crippen LogP contribution in [0, 0.1) is 12.7 Å². The molecule has 0 unspecified atom stereocenters. The second-order valence-corrected chi connectivity index (χ2v) is 6.37. The topological polar surface area (TPSA) is 78.0 Å². The molecule has 1 N–H and O–H groups in total. The molecule has 0 bridgehead atoms. The minimum absolute atomic E-state index is 0.0577. The summed E-state index contributed by atoms with van der Waals surface area (Å²) >= 11 is 0. The molecule has 1 aliphatic heterocycles. The lowest BCUT2D eigenvalue weighted by Crippen LogP contribution is -2.31. The maximum atomic E-state index is 13.8. The summed E-state index contributed by atoms with van der Waals surface area (Å²) in [6.07, 6.45) is 2.67. The molecule has 1 aromatic carbocycles. The second kappa shape index (κ2) is 6.97. The van der Waals surface area contributed by atoms with Crippen molar-refractivity contribution in [2.75, 3.05) is 6.61 Å².